The van der Waals surface area contributed by atoms with Gasteiger partial charge in [0, 0.05) is 18.4 Å². The highest BCUT2D eigenvalue weighted by molar-refractivity contribution is 5.85. The summed E-state index contributed by atoms with van der Waals surface area (Å²) in [5.74, 6) is 1.58. The zero-order chi connectivity index (χ0) is 14.5. The zero-order valence-electron chi connectivity index (χ0n) is 12.7. The first-order valence-corrected chi connectivity index (χ1v) is 7.44. The minimum absolute atomic E-state index is 0. The van der Waals surface area contributed by atoms with E-state index < -0.39 is 0 Å². The van der Waals surface area contributed by atoms with Crippen molar-refractivity contribution in [3.63, 3.8) is 0 Å². The maximum Gasteiger partial charge on any atom is 0.248 e. The summed E-state index contributed by atoms with van der Waals surface area (Å²) in [5.41, 5.74) is 5.60. The largest absolute Gasteiger partial charge is 0.345 e. The fourth-order valence-corrected chi connectivity index (χ4v) is 2.60. The summed E-state index contributed by atoms with van der Waals surface area (Å²) in [5, 5.41) is 6.90. The Morgan fingerprint density at radius 3 is 2.67 bits per heavy atom. The maximum atomic E-state index is 11.7. The first-order chi connectivity index (χ1) is 9.56. The third kappa shape index (κ3) is 5.28. The number of halogens is 1. The third-order valence-corrected chi connectivity index (χ3v) is 3.68. The van der Waals surface area contributed by atoms with Gasteiger partial charge in [0.05, 0.1) is 0 Å². The normalized spacial score (nSPS) is 18.6. The van der Waals surface area contributed by atoms with Crippen LogP contribution >= 0.6 is 12.4 Å². The topological polar surface area (TPSA) is 94.0 Å². The maximum absolute atomic E-state index is 11.7. The van der Waals surface area contributed by atoms with E-state index >= 15 is 0 Å². The molecule has 0 aliphatic heterocycles. The highest BCUT2D eigenvalue weighted by Gasteiger charge is 2.23. The zero-order valence-corrected chi connectivity index (χ0v) is 13.5. The summed E-state index contributed by atoms with van der Waals surface area (Å²) in [7, 11) is 0. The van der Waals surface area contributed by atoms with E-state index in [1.165, 1.54) is 19.3 Å². The number of hydrogen-bond acceptors (Lipinski definition) is 5. The van der Waals surface area contributed by atoms with Crippen molar-refractivity contribution in [1.82, 2.24) is 15.5 Å². The summed E-state index contributed by atoms with van der Waals surface area (Å²) in [6.07, 6.45) is 6.32. The summed E-state index contributed by atoms with van der Waals surface area (Å²) in [6.45, 7) is 3.65. The predicted molar refractivity (Wildman–Crippen MR) is 82.2 cm³/mol. The van der Waals surface area contributed by atoms with E-state index in [0.717, 1.165) is 18.7 Å². The molecule has 0 radical (unpaired) electrons. The fourth-order valence-electron chi connectivity index (χ4n) is 2.60. The molecule has 0 saturated heterocycles. The van der Waals surface area contributed by atoms with E-state index in [1.807, 2.05) is 6.92 Å². The molecule has 0 spiro atoms. The van der Waals surface area contributed by atoms with Gasteiger partial charge in [-0.25, -0.2) is 0 Å². The van der Waals surface area contributed by atoms with Crippen LogP contribution in [0.1, 0.15) is 76.0 Å². The van der Waals surface area contributed by atoms with Gasteiger partial charge in [0.1, 0.15) is 6.04 Å². The van der Waals surface area contributed by atoms with Gasteiger partial charge in [0.25, 0.3) is 0 Å². The molecule has 7 heteroatoms. The Morgan fingerprint density at radius 1 is 1.38 bits per heavy atom. The van der Waals surface area contributed by atoms with Crippen molar-refractivity contribution in [1.29, 1.82) is 0 Å². The minimum atomic E-state index is -0.272. The molecule has 2 unspecified atom stereocenters. The van der Waals surface area contributed by atoms with Gasteiger partial charge >= 0.3 is 0 Å². The van der Waals surface area contributed by atoms with E-state index in [2.05, 4.69) is 15.5 Å². The van der Waals surface area contributed by atoms with Gasteiger partial charge in [0.15, 0.2) is 5.82 Å². The molecular formula is C14H25ClN4O2. The van der Waals surface area contributed by atoms with Crippen LogP contribution in [-0.2, 0) is 4.79 Å². The Hall–Kier alpha value is -1.14. The quantitative estimate of drug-likeness (QED) is 0.870. The van der Waals surface area contributed by atoms with E-state index in [4.69, 9.17) is 10.3 Å². The molecule has 2 rings (SSSR count). The average Bonchev–Trinajstić information content (AvgIpc) is 2.88. The molecule has 1 saturated carbocycles. The molecule has 1 aromatic rings. The molecule has 21 heavy (non-hydrogen) atoms. The number of hydrogen-bond donors (Lipinski definition) is 2. The summed E-state index contributed by atoms with van der Waals surface area (Å²) in [4.78, 5) is 16.1. The number of carbonyl (C=O) groups excluding carboxylic acids is 1. The van der Waals surface area contributed by atoms with Gasteiger partial charge in [-0.1, -0.05) is 24.4 Å². The Balaban J connectivity index is 0.00000220. The van der Waals surface area contributed by atoms with Crippen molar-refractivity contribution in [2.24, 2.45) is 5.73 Å². The number of nitrogens with one attached hydrogen (secondary N) is 1. The Bertz CT molecular complexity index is 444. The van der Waals surface area contributed by atoms with Crippen LogP contribution in [-0.4, -0.2) is 22.1 Å². The molecule has 1 aromatic heterocycles. The van der Waals surface area contributed by atoms with E-state index in [1.54, 1.807) is 6.92 Å². The first kappa shape index (κ1) is 17.9. The molecular weight excluding hydrogens is 292 g/mol. The van der Waals surface area contributed by atoms with Gasteiger partial charge in [-0.3, -0.25) is 4.79 Å². The summed E-state index contributed by atoms with van der Waals surface area (Å²) >= 11 is 0. The predicted octanol–water partition coefficient (Wildman–Crippen LogP) is 2.45. The lowest BCUT2D eigenvalue weighted by molar-refractivity contribution is -0.122. The van der Waals surface area contributed by atoms with Gasteiger partial charge in [-0.05, 0) is 26.7 Å². The van der Waals surface area contributed by atoms with Crippen molar-refractivity contribution >= 4 is 18.3 Å². The summed E-state index contributed by atoms with van der Waals surface area (Å²) < 4.78 is 5.28. The van der Waals surface area contributed by atoms with Gasteiger partial charge in [0.2, 0.25) is 11.8 Å². The van der Waals surface area contributed by atoms with Crippen molar-refractivity contribution in [3.05, 3.63) is 11.7 Å². The van der Waals surface area contributed by atoms with E-state index in [-0.39, 0.29) is 30.4 Å². The van der Waals surface area contributed by atoms with Crippen LogP contribution < -0.4 is 11.1 Å². The Kier molecular flexibility index (Phi) is 7.11. The molecule has 6 nitrogen and oxygen atoms in total. The molecule has 2 atom stereocenters. The second-order valence-electron chi connectivity index (χ2n) is 5.80. The molecule has 1 aliphatic rings. The molecule has 1 heterocycles. The number of nitrogens with two attached hydrogens (primary N) is 1. The number of amides is 1. The Morgan fingerprint density at radius 2 is 2.05 bits per heavy atom. The molecule has 0 bridgehead atoms. The molecule has 1 amide bonds. The first-order valence-electron chi connectivity index (χ1n) is 7.44. The van der Waals surface area contributed by atoms with Crippen molar-refractivity contribution in [3.8, 4) is 0 Å². The van der Waals surface area contributed by atoms with Crippen LogP contribution in [0, 0.1) is 0 Å². The van der Waals surface area contributed by atoms with Crippen molar-refractivity contribution in [2.45, 2.75) is 70.4 Å². The number of aromatic nitrogens is 2. The summed E-state index contributed by atoms with van der Waals surface area (Å²) in [6, 6.07) is -0.422. The van der Waals surface area contributed by atoms with Gasteiger partial charge < -0.3 is 15.6 Å². The number of carbonyl (C=O) groups is 1. The SMILES string of the molecule is CC(N)CC(=O)NC(C)c1nc(C2CCCCC2)no1.Cl. The van der Waals surface area contributed by atoms with Crippen LogP contribution in [0.25, 0.3) is 0 Å². The molecule has 3 N–H and O–H groups in total. The fraction of sp³-hybridized carbons (Fsp3) is 0.786. The molecule has 0 aromatic carbocycles. The lowest BCUT2D eigenvalue weighted by Gasteiger charge is -2.17. The average molecular weight is 317 g/mol. The number of nitrogens with zero attached hydrogens (tertiary/aromatic N) is 2. The lowest BCUT2D eigenvalue weighted by atomic mass is 9.89. The highest BCUT2D eigenvalue weighted by Crippen LogP contribution is 2.31. The molecule has 1 fully saturated rings. The number of rotatable bonds is 5. The smallest absolute Gasteiger partial charge is 0.248 e. The monoisotopic (exact) mass is 316 g/mol. The van der Waals surface area contributed by atoms with Crippen molar-refractivity contribution in [2.75, 3.05) is 0 Å². The van der Waals surface area contributed by atoms with Gasteiger partial charge in [-0.2, -0.15) is 4.98 Å². The molecule has 1 aliphatic carbocycles. The van der Waals surface area contributed by atoms with Crippen LogP contribution in [0.3, 0.4) is 0 Å². The minimum Gasteiger partial charge on any atom is -0.345 e. The van der Waals surface area contributed by atoms with Crippen LogP contribution in [0.5, 0.6) is 0 Å². The van der Waals surface area contributed by atoms with Crippen LogP contribution in [0.15, 0.2) is 4.52 Å². The highest BCUT2D eigenvalue weighted by atomic mass is 35.5. The van der Waals surface area contributed by atoms with E-state index in [9.17, 15) is 4.79 Å². The second-order valence-corrected chi connectivity index (χ2v) is 5.80. The second kappa shape index (κ2) is 8.34. The Labute approximate surface area is 131 Å². The van der Waals surface area contributed by atoms with Gasteiger partial charge in [-0.15, -0.1) is 12.4 Å². The standard InChI is InChI=1S/C14H24N4O2.ClH/c1-9(15)8-12(19)16-10(2)14-17-13(18-20-14)11-6-4-3-5-7-11;/h9-11H,3-8,15H2,1-2H3,(H,16,19);1H. The van der Waals surface area contributed by atoms with Crippen molar-refractivity contribution < 1.29 is 9.32 Å². The van der Waals surface area contributed by atoms with Crippen LogP contribution in [0.4, 0.5) is 0 Å². The van der Waals surface area contributed by atoms with Crippen LogP contribution in [0.2, 0.25) is 0 Å². The lowest BCUT2D eigenvalue weighted by Crippen LogP contribution is -2.31. The third-order valence-electron chi connectivity index (χ3n) is 3.68. The molecule has 120 valence electrons. The van der Waals surface area contributed by atoms with E-state index in [0.29, 0.717) is 18.2 Å².